The summed E-state index contributed by atoms with van der Waals surface area (Å²) in [7, 11) is 0. The van der Waals surface area contributed by atoms with Gasteiger partial charge in [0, 0.05) is 12.8 Å². The molecule has 1 atom stereocenters. The minimum Gasteiger partial charge on any atom is -0.396 e. The Morgan fingerprint density at radius 3 is 2.40 bits per heavy atom. The van der Waals surface area contributed by atoms with Crippen LogP contribution in [0.3, 0.4) is 0 Å². The highest BCUT2D eigenvalue weighted by molar-refractivity contribution is 4.87. The van der Waals surface area contributed by atoms with Crippen molar-refractivity contribution in [1.29, 1.82) is 0 Å². The monoisotopic (exact) mass is 211 g/mol. The summed E-state index contributed by atoms with van der Waals surface area (Å²) in [6, 6.07) is 0. The second-order valence-corrected chi connectivity index (χ2v) is 5.20. The number of rotatable bonds is 5. The number of hydrogen-bond donors (Lipinski definition) is 1. The van der Waals surface area contributed by atoms with Gasteiger partial charge in [-0.2, -0.15) is 0 Å². The smallest absolute Gasteiger partial charge is 0.0693 e. The Bertz CT molecular complexity index is 295. The van der Waals surface area contributed by atoms with E-state index in [0.29, 0.717) is 0 Å². The van der Waals surface area contributed by atoms with Gasteiger partial charge in [-0.3, -0.25) is 0 Å². The Morgan fingerprint density at radius 2 is 2.00 bits per heavy atom. The van der Waals surface area contributed by atoms with Crippen LogP contribution in [0.5, 0.6) is 0 Å². The van der Waals surface area contributed by atoms with Gasteiger partial charge in [-0.25, -0.2) is 4.68 Å². The molecule has 1 aromatic rings. The van der Waals surface area contributed by atoms with E-state index in [4.69, 9.17) is 0 Å². The Kier molecular flexibility index (Phi) is 3.50. The Morgan fingerprint density at radius 1 is 1.33 bits per heavy atom. The molecule has 0 spiro atoms. The number of hydrogen-bond acceptors (Lipinski definition) is 3. The lowest BCUT2D eigenvalue weighted by Crippen LogP contribution is -2.36. The molecule has 4 nitrogen and oxygen atoms in total. The molecule has 0 bridgehead atoms. The zero-order valence-electron chi connectivity index (χ0n) is 10.1. The molecule has 0 amide bonds. The standard InChI is InChI=1S/C11H21N3O/c1-5-11(4,8-10(2,3)9-15)14-7-6-12-13-14/h6-7,15H,5,8-9H2,1-4H3. The van der Waals surface area contributed by atoms with Crippen LogP contribution in [-0.4, -0.2) is 26.7 Å². The zero-order valence-corrected chi connectivity index (χ0v) is 10.1. The molecule has 15 heavy (non-hydrogen) atoms. The highest BCUT2D eigenvalue weighted by Crippen LogP contribution is 2.34. The Hall–Kier alpha value is -0.900. The maximum absolute atomic E-state index is 9.31. The normalized spacial score (nSPS) is 16.3. The molecule has 0 aliphatic rings. The van der Waals surface area contributed by atoms with Gasteiger partial charge in [-0.1, -0.05) is 26.0 Å². The lowest BCUT2D eigenvalue weighted by Gasteiger charge is -2.35. The summed E-state index contributed by atoms with van der Waals surface area (Å²) in [6.45, 7) is 8.61. The molecule has 1 N–H and O–H groups in total. The van der Waals surface area contributed by atoms with Crippen molar-refractivity contribution in [1.82, 2.24) is 15.0 Å². The summed E-state index contributed by atoms with van der Waals surface area (Å²) in [5.41, 5.74) is -0.153. The van der Waals surface area contributed by atoms with E-state index in [0.717, 1.165) is 12.8 Å². The molecule has 1 rings (SSSR count). The van der Waals surface area contributed by atoms with Gasteiger partial charge in [0.15, 0.2) is 0 Å². The van der Waals surface area contributed by atoms with Gasteiger partial charge < -0.3 is 5.11 Å². The number of nitrogens with zero attached hydrogens (tertiary/aromatic N) is 3. The molecule has 0 fully saturated rings. The van der Waals surface area contributed by atoms with Crippen molar-refractivity contribution >= 4 is 0 Å². The minimum atomic E-state index is -0.0866. The first-order chi connectivity index (χ1) is 6.93. The Labute approximate surface area is 91.3 Å². The van der Waals surface area contributed by atoms with Gasteiger partial charge in [0.05, 0.1) is 11.7 Å². The highest BCUT2D eigenvalue weighted by Gasteiger charge is 2.32. The quantitative estimate of drug-likeness (QED) is 0.808. The average Bonchev–Trinajstić information content (AvgIpc) is 2.70. The molecule has 0 radical (unpaired) electrons. The first-order valence-electron chi connectivity index (χ1n) is 5.41. The van der Waals surface area contributed by atoms with Crippen LogP contribution in [0, 0.1) is 5.41 Å². The molecule has 1 heterocycles. The fourth-order valence-corrected chi connectivity index (χ4v) is 1.95. The van der Waals surface area contributed by atoms with Gasteiger partial charge in [-0.05, 0) is 25.2 Å². The van der Waals surface area contributed by atoms with Crippen LogP contribution >= 0.6 is 0 Å². The van der Waals surface area contributed by atoms with Crippen molar-refractivity contribution in [3.63, 3.8) is 0 Å². The van der Waals surface area contributed by atoms with Crippen LogP contribution in [0.15, 0.2) is 12.4 Å². The van der Waals surface area contributed by atoms with Crippen LogP contribution in [0.2, 0.25) is 0 Å². The van der Waals surface area contributed by atoms with Gasteiger partial charge in [0.25, 0.3) is 0 Å². The fourth-order valence-electron chi connectivity index (χ4n) is 1.95. The molecule has 86 valence electrons. The van der Waals surface area contributed by atoms with Gasteiger partial charge in [-0.15, -0.1) is 5.10 Å². The lowest BCUT2D eigenvalue weighted by molar-refractivity contribution is 0.0892. The van der Waals surface area contributed by atoms with Gasteiger partial charge >= 0.3 is 0 Å². The zero-order chi connectivity index (χ0) is 11.5. The third kappa shape index (κ3) is 2.78. The van der Waals surface area contributed by atoms with E-state index in [2.05, 4.69) is 38.0 Å². The number of aliphatic hydroxyl groups is 1. The van der Waals surface area contributed by atoms with E-state index in [-0.39, 0.29) is 17.6 Å². The molecule has 0 aliphatic heterocycles. The topological polar surface area (TPSA) is 50.9 Å². The van der Waals surface area contributed by atoms with E-state index in [1.165, 1.54) is 0 Å². The second-order valence-electron chi connectivity index (χ2n) is 5.20. The second kappa shape index (κ2) is 4.31. The SMILES string of the molecule is CCC(C)(CC(C)(C)CO)n1ccnn1. The first-order valence-corrected chi connectivity index (χ1v) is 5.41. The molecule has 1 aromatic heterocycles. The first kappa shape index (κ1) is 12.2. The predicted octanol–water partition coefficient (Wildman–Crippen LogP) is 1.81. The maximum atomic E-state index is 9.31. The van der Waals surface area contributed by atoms with E-state index < -0.39 is 0 Å². The molecular formula is C11H21N3O. The van der Waals surface area contributed by atoms with Crippen molar-refractivity contribution in [2.24, 2.45) is 5.41 Å². The van der Waals surface area contributed by atoms with Crippen LogP contribution in [0.4, 0.5) is 0 Å². The number of aromatic nitrogens is 3. The molecule has 0 aromatic carbocycles. The summed E-state index contributed by atoms with van der Waals surface area (Å²) in [5, 5.41) is 17.2. The van der Waals surface area contributed by atoms with Crippen molar-refractivity contribution < 1.29 is 5.11 Å². The molecule has 0 saturated carbocycles. The van der Waals surface area contributed by atoms with E-state index >= 15 is 0 Å². The fraction of sp³-hybridized carbons (Fsp3) is 0.818. The van der Waals surface area contributed by atoms with Crippen LogP contribution in [0.1, 0.15) is 40.5 Å². The summed E-state index contributed by atoms with van der Waals surface area (Å²) in [6.07, 6.45) is 5.44. The highest BCUT2D eigenvalue weighted by atomic mass is 16.3. The summed E-state index contributed by atoms with van der Waals surface area (Å²) in [5.74, 6) is 0. The van der Waals surface area contributed by atoms with Crippen molar-refractivity contribution in [2.45, 2.75) is 46.1 Å². The van der Waals surface area contributed by atoms with E-state index in [9.17, 15) is 5.11 Å². The molecule has 0 saturated heterocycles. The predicted molar refractivity (Wildman–Crippen MR) is 59.4 cm³/mol. The van der Waals surface area contributed by atoms with Crippen molar-refractivity contribution in [3.8, 4) is 0 Å². The van der Waals surface area contributed by atoms with E-state index in [1.54, 1.807) is 6.20 Å². The van der Waals surface area contributed by atoms with E-state index in [1.807, 2.05) is 10.9 Å². The minimum absolute atomic E-state index is 0.0667. The van der Waals surface area contributed by atoms with Crippen LogP contribution < -0.4 is 0 Å². The molecule has 0 aliphatic carbocycles. The Balaban J connectivity index is 2.87. The van der Waals surface area contributed by atoms with Crippen molar-refractivity contribution in [3.05, 3.63) is 12.4 Å². The molecule has 1 unspecified atom stereocenters. The van der Waals surface area contributed by atoms with Gasteiger partial charge in [0.2, 0.25) is 0 Å². The molecule has 4 heteroatoms. The molecular weight excluding hydrogens is 190 g/mol. The third-order valence-electron chi connectivity index (χ3n) is 3.02. The van der Waals surface area contributed by atoms with Crippen molar-refractivity contribution in [2.75, 3.05) is 6.61 Å². The summed E-state index contributed by atoms with van der Waals surface area (Å²) < 4.78 is 1.89. The lowest BCUT2D eigenvalue weighted by atomic mass is 9.78. The third-order valence-corrected chi connectivity index (χ3v) is 3.02. The van der Waals surface area contributed by atoms with Crippen LogP contribution in [0.25, 0.3) is 0 Å². The van der Waals surface area contributed by atoms with Crippen LogP contribution in [-0.2, 0) is 5.54 Å². The average molecular weight is 211 g/mol. The summed E-state index contributed by atoms with van der Waals surface area (Å²) in [4.78, 5) is 0. The largest absolute Gasteiger partial charge is 0.396 e. The number of aliphatic hydroxyl groups excluding tert-OH is 1. The van der Waals surface area contributed by atoms with Gasteiger partial charge in [0.1, 0.15) is 0 Å². The maximum Gasteiger partial charge on any atom is 0.0693 e. The summed E-state index contributed by atoms with van der Waals surface area (Å²) >= 11 is 0.